The van der Waals surface area contributed by atoms with Crippen LogP contribution in [0.1, 0.15) is 73.6 Å². The lowest BCUT2D eigenvalue weighted by Gasteiger charge is -2.42. The summed E-state index contributed by atoms with van der Waals surface area (Å²) < 4.78 is 0. The highest BCUT2D eigenvalue weighted by molar-refractivity contribution is 4.89. The van der Waals surface area contributed by atoms with Gasteiger partial charge in [0.15, 0.2) is 0 Å². The normalized spacial score (nSPS) is 31.6. The van der Waals surface area contributed by atoms with Crippen molar-refractivity contribution in [2.24, 2.45) is 28.4 Å². The van der Waals surface area contributed by atoms with Crippen LogP contribution >= 0.6 is 0 Å². The largest absolute Gasteiger partial charge is 0.327 e. The van der Waals surface area contributed by atoms with E-state index in [1.165, 1.54) is 32.1 Å². The van der Waals surface area contributed by atoms with Crippen LogP contribution in [0.4, 0.5) is 0 Å². The smallest absolute Gasteiger partial charge is 0.00747 e. The Morgan fingerprint density at radius 3 is 2.00 bits per heavy atom. The van der Waals surface area contributed by atoms with Gasteiger partial charge in [0.1, 0.15) is 0 Å². The van der Waals surface area contributed by atoms with Crippen LogP contribution in [0, 0.1) is 22.7 Å². The molecule has 3 unspecified atom stereocenters. The standard InChI is InChI=1S/C16H33N/c1-15(2,3)10-9-12-7-8-13(14(17)11-12)16(4,5)6/h12-14H,7-11,17H2,1-6H3. The molecule has 2 N–H and O–H groups in total. The van der Waals surface area contributed by atoms with Crippen molar-refractivity contribution in [1.82, 2.24) is 0 Å². The van der Waals surface area contributed by atoms with Crippen molar-refractivity contribution in [3.63, 3.8) is 0 Å². The first-order valence-corrected chi connectivity index (χ1v) is 7.35. The number of nitrogens with two attached hydrogens (primary N) is 1. The van der Waals surface area contributed by atoms with Gasteiger partial charge in [0.2, 0.25) is 0 Å². The van der Waals surface area contributed by atoms with Crippen LogP contribution in [0.5, 0.6) is 0 Å². The van der Waals surface area contributed by atoms with Gasteiger partial charge in [-0.05, 0) is 48.3 Å². The van der Waals surface area contributed by atoms with Crippen molar-refractivity contribution in [2.45, 2.75) is 79.7 Å². The minimum atomic E-state index is 0.383. The summed E-state index contributed by atoms with van der Waals surface area (Å²) in [7, 11) is 0. The predicted octanol–water partition coefficient (Wildman–Crippen LogP) is 4.60. The molecule has 0 aliphatic heterocycles. The number of rotatable bonds is 2. The van der Waals surface area contributed by atoms with Crippen molar-refractivity contribution in [2.75, 3.05) is 0 Å². The van der Waals surface area contributed by atoms with Gasteiger partial charge in [0.25, 0.3) is 0 Å². The molecule has 0 aromatic heterocycles. The second-order valence-electron chi connectivity index (χ2n) is 8.41. The first-order valence-electron chi connectivity index (χ1n) is 7.35. The molecule has 1 aliphatic carbocycles. The topological polar surface area (TPSA) is 26.0 Å². The van der Waals surface area contributed by atoms with Gasteiger partial charge in [0.05, 0.1) is 0 Å². The van der Waals surface area contributed by atoms with Crippen molar-refractivity contribution in [3.05, 3.63) is 0 Å². The van der Waals surface area contributed by atoms with Crippen molar-refractivity contribution in [1.29, 1.82) is 0 Å². The lowest BCUT2D eigenvalue weighted by atomic mass is 9.66. The van der Waals surface area contributed by atoms with Crippen LogP contribution in [0.15, 0.2) is 0 Å². The second kappa shape index (κ2) is 5.30. The third-order valence-corrected chi connectivity index (χ3v) is 4.42. The Hall–Kier alpha value is -0.0400. The van der Waals surface area contributed by atoms with E-state index in [0.717, 1.165) is 5.92 Å². The minimum Gasteiger partial charge on any atom is -0.327 e. The first kappa shape index (κ1) is 15.0. The quantitative estimate of drug-likeness (QED) is 0.748. The molecule has 1 nitrogen and oxygen atoms in total. The maximum atomic E-state index is 6.39. The fourth-order valence-corrected chi connectivity index (χ4v) is 3.27. The lowest BCUT2D eigenvalue weighted by molar-refractivity contribution is 0.116. The SMILES string of the molecule is CC(C)(C)CCC1CCC(C(C)(C)C)C(N)C1. The molecule has 3 atom stereocenters. The highest BCUT2D eigenvalue weighted by atomic mass is 14.7. The van der Waals surface area contributed by atoms with Gasteiger partial charge in [-0.3, -0.25) is 0 Å². The molecule has 1 aliphatic rings. The van der Waals surface area contributed by atoms with Gasteiger partial charge in [-0.25, -0.2) is 0 Å². The van der Waals surface area contributed by atoms with E-state index in [2.05, 4.69) is 41.5 Å². The molecule has 0 heterocycles. The highest BCUT2D eigenvalue weighted by Crippen LogP contribution is 2.41. The minimum absolute atomic E-state index is 0.383. The fraction of sp³-hybridized carbons (Fsp3) is 1.00. The predicted molar refractivity (Wildman–Crippen MR) is 77.0 cm³/mol. The third kappa shape index (κ3) is 4.99. The van der Waals surface area contributed by atoms with E-state index in [9.17, 15) is 0 Å². The zero-order valence-corrected chi connectivity index (χ0v) is 12.8. The van der Waals surface area contributed by atoms with E-state index in [4.69, 9.17) is 5.73 Å². The molecule has 0 spiro atoms. The molecular weight excluding hydrogens is 206 g/mol. The van der Waals surface area contributed by atoms with E-state index in [1.54, 1.807) is 0 Å². The van der Waals surface area contributed by atoms with Crippen LogP contribution in [0.25, 0.3) is 0 Å². The Kier molecular flexibility index (Phi) is 4.68. The average molecular weight is 239 g/mol. The Morgan fingerprint density at radius 2 is 1.59 bits per heavy atom. The Morgan fingerprint density at radius 1 is 1.00 bits per heavy atom. The third-order valence-electron chi connectivity index (χ3n) is 4.42. The monoisotopic (exact) mass is 239 g/mol. The first-order chi connectivity index (χ1) is 7.59. The van der Waals surface area contributed by atoms with Gasteiger partial charge < -0.3 is 5.73 Å². The van der Waals surface area contributed by atoms with Gasteiger partial charge >= 0.3 is 0 Å². The van der Waals surface area contributed by atoms with Crippen molar-refractivity contribution >= 4 is 0 Å². The summed E-state index contributed by atoms with van der Waals surface area (Å²) in [6.07, 6.45) is 6.68. The molecule has 0 saturated heterocycles. The molecule has 1 fully saturated rings. The van der Waals surface area contributed by atoms with Crippen LogP contribution in [-0.2, 0) is 0 Å². The molecule has 1 saturated carbocycles. The molecule has 1 rings (SSSR count). The van der Waals surface area contributed by atoms with Crippen LogP contribution in [-0.4, -0.2) is 6.04 Å². The van der Waals surface area contributed by atoms with Crippen LogP contribution in [0.2, 0.25) is 0 Å². The maximum Gasteiger partial charge on any atom is 0.00747 e. The Balaban J connectivity index is 2.42. The highest BCUT2D eigenvalue weighted by Gasteiger charge is 2.35. The van der Waals surface area contributed by atoms with Crippen LogP contribution < -0.4 is 5.73 Å². The molecule has 0 bridgehead atoms. The van der Waals surface area contributed by atoms with E-state index in [0.29, 0.717) is 22.8 Å². The van der Waals surface area contributed by atoms with Crippen molar-refractivity contribution < 1.29 is 0 Å². The number of hydrogen-bond acceptors (Lipinski definition) is 1. The molecular formula is C16H33N. The van der Waals surface area contributed by atoms with Gasteiger partial charge in [-0.15, -0.1) is 0 Å². The second-order valence-corrected chi connectivity index (χ2v) is 8.41. The zero-order valence-electron chi connectivity index (χ0n) is 12.8. The Labute approximate surface area is 109 Å². The summed E-state index contributed by atoms with van der Waals surface area (Å²) in [5.74, 6) is 1.59. The van der Waals surface area contributed by atoms with Gasteiger partial charge in [0, 0.05) is 6.04 Å². The molecule has 1 heteroatoms. The molecule has 102 valence electrons. The maximum absolute atomic E-state index is 6.39. The fourth-order valence-electron chi connectivity index (χ4n) is 3.27. The summed E-state index contributed by atoms with van der Waals surface area (Å²) in [6, 6.07) is 0.425. The summed E-state index contributed by atoms with van der Waals surface area (Å²) in [5, 5.41) is 0. The van der Waals surface area contributed by atoms with E-state index in [1.807, 2.05) is 0 Å². The van der Waals surface area contributed by atoms with E-state index < -0.39 is 0 Å². The van der Waals surface area contributed by atoms with Gasteiger partial charge in [-0.1, -0.05) is 48.0 Å². The summed E-state index contributed by atoms with van der Waals surface area (Å²) in [5.41, 5.74) is 7.26. The van der Waals surface area contributed by atoms with E-state index in [-0.39, 0.29) is 0 Å². The van der Waals surface area contributed by atoms with Crippen LogP contribution in [0.3, 0.4) is 0 Å². The lowest BCUT2D eigenvalue weighted by Crippen LogP contribution is -2.43. The molecule has 17 heavy (non-hydrogen) atoms. The molecule has 0 amide bonds. The zero-order chi connectivity index (χ0) is 13.3. The molecule has 0 radical (unpaired) electrons. The van der Waals surface area contributed by atoms with Crippen molar-refractivity contribution in [3.8, 4) is 0 Å². The Bertz CT molecular complexity index is 231. The molecule has 0 aromatic rings. The van der Waals surface area contributed by atoms with Gasteiger partial charge in [-0.2, -0.15) is 0 Å². The molecule has 0 aromatic carbocycles. The summed E-state index contributed by atoms with van der Waals surface area (Å²) in [4.78, 5) is 0. The van der Waals surface area contributed by atoms with E-state index >= 15 is 0 Å². The summed E-state index contributed by atoms with van der Waals surface area (Å²) >= 11 is 0. The number of hydrogen-bond donors (Lipinski definition) is 1. The average Bonchev–Trinajstić information content (AvgIpc) is 2.11. The summed E-state index contributed by atoms with van der Waals surface area (Å²) in [6.45, 7) is 14.0.